The van der Waals surface area contributed by atoms with Crippen LogP contribution in [0.5, 0.6) is 5.75 Å². The smallest absolute Gasteiger partial charge is 0.222 e. The lowest BCUT2D eigenvalue weighted by molar-refractivity contribution is -0.129. The fourth-order valence-electron chi connectivity index (χ4n) is 3.41. The Bertz CT molecular complexity index is 840. The molecule has 0 saturated carbocycles. The van der Waals surface area contributed by atoms with E-state index in [2.05, 4.69) is 39.9 Å². The quantitative estimate of drug-likeness (QED) is 0.380. The highest BCUT2D eigenvalue weighted by Gasteiger charge is 2.25. The molecule has 3 rings (SSSR count). The largest absolute Gasteiger partial charge is 0.497 e. The molecule has 28 heavy (non-hydrogen) atoms. The highest BCUT2D eigenvalue weighted by atomic mass is 127. The lowest BCUT2D eigenvalue weighted by Gasteiger charge is -2.19. The third-order valence-corrected chi connectivity index (χ3v) is 4.98. The van der Waals surface area contributed by atoms with Gasteiger partial charge in [0.15, 0.2) is 5.96 Å². The lowest BCUT2D eigenvalue weighted by atomic mass is 10.1. The van der Waals surface area contributed by atoms with Crippen LogP contribution in [0.25, 0.3) is 10.8 Å². The van der Waals surface area contributed by atoms with Gasteiger partial charge in [0, 0.05) is 39.1 Å². The van der Waals surface area contributed by atoms with Crippen LogP contribution in [0.15, 0.2) is 41.4 Å². The van der Waals surface area contributed by atoms with Crippen LogP contribution in [0, 0.1) is 0 Å². The molecular weight excluding hydrogens is 467 g/mol. The van der Waals surface area contributed by atoms with Gasteiger partial charge in [-0.3, -0.25) is 9.79 Å². The number of benzene rings is 2. The van der Waals surface area contributed by atoms with E-state index in [0.717, 1.165) is 36.6 Å². The number of fused-ring (bicyclic) bond motifs is 1. The Morgan fingerprint density at radius 2 is 2.00 bits per heavy atom. The second-order valence-electron chi connectivity index (χ2n) is 6.80. The number of carbonyl (C=O) groups is 1. The van der Waals surface area contributed by atoms with Crippen molar-refractivity contribution in [2.75, 3.05) is 27.2 Å². The molecule has 6 nitrogen and oxygen atoms in total. The summed E-state index contributed by atoms with van der Waals surface area (Å²) in [6, 6.07) is 12.7. The van der Waals surface area contributed by atoms with Crippen LogP contribution in [-0.2, 0) is 11.3 Å². The van der Waals surface area contributed by atoms with Crippen molar-refractivity contribution in [3.63, 3.8) is 0 Å². The molecule has 2 N–H and O–H groups in total. The van der Waals surface area contributed by atoms with Gasteiger partial charge in [0.05, 0.1) is 7.11 Å². The van der Waals surface area contributed by atoms with E-state index in [-0.39, 0.29) is 35.9 Å². The minimum atomic E-state index is 0. The Morgan fingerprint density at radius 3 is 2.71 bits per heavy atom. The van der Waals surface area contributed by atoms with Crippen LogP contribution in [0.1, 0.15) is 25.3 Å². The van der Waals surface area contributed by atoms with Crippen molar-refractivity contribution >= 4 is 46.6 Å². The van der Waals surface area contributed by atoms with Crippen LogP contribution < -0.4 is 15.4 Å². The summed E-state index contributed by atoms with van der Waals surface area (Å²) < 4.78 is 5.28. The fourth-order valence-corrected chi connectivity index (χ4v) is 3.41. The summed E-state index contributed by atoms with van der Waals surface area (Å²) in [5.74, 6) is 1.85. The molecule has 0 aliphatic carbocycles. The first-order valence-electron chi connectivity index (χ1n) is 9.44. The van der Waals surface area contributed by atoms with E-state index >= 15 is 0 Å². The summed E-state index contributed by atoms with van der Waals surface area (Å²) in [7, 11) is 3.45. The van der Waals surface area contributed by atoms with Crippen LogP contribution in [-0.4, -0.2) is 50.1 Å². The molecule has 1 aliphatic heterocycles. The standard InChI is InChI=1S/C21H28N4O2.HI/c1-4-20(26)25-10-9-18(14-25)24-21(22-2)23-13-15-5-6-17-12-19(27-3)8-7-16(17)11-15;/h5-8,11-12,18H,4,9-10,13-14H2,1-3H3,(H2,22,23,24);1H. The van der Waals surface area contributed by atoms with Gasteiger partial charge in [-0.15, -0.1) is 24.0 Å². The number of rotatable bonds is 5. The normalized spacial score (nSPS) is 16.6. The molecule has 152 valence electrons. The minimum absolute atomic E-state index is 0. The van der Waals surface area contributed by atoms with Gasteiger partial charge >= 0.3 is 0 Å². The topological polar surface area (TPSA) is 66.0 Å². The van der Waals surface area contributed by atoms with E-state index < -0.39 is 0 Å². The second-order valence-corrected chi connectivity index (χ2v) is 6.80. The number of aliphatic imine (C=N–C) groups is 1. The summed E-state index contributed by atoms with van der Waals surface area (Å²) in [5, 5.41) is 9.14. The molecule has 1 amide bonds. The first kappa shape index (κ1) is 22.3. The molecular formula is C21H29IN4O2. The van der Waals surface area contributed by atoms with Crippen molar-refractivity contribution < 1.29 is 9.53 Å². The van der Waals surface area contributed by atoms with E-state index in [1.165, 1.54) is 10.9 Å². The predicted octanol–water partition coefficient (Wildman–Crippen LogP) is 3.14. The first-order chi connectivity index (χ1) is 13.1. The third kappa shape index (κ3) is 5.50. The number of methoxy groups -OCH3 is 1. The van der Waals surface area contributed by atoms with Crippen molar-refractivity contribution in [1.29, 1.82) is 0 Å². The molecule has 1 atom stereocenters. The van der Waals surface area contributed by atoms with Crippen molar-refractivity contribution in [3.8, 4) is 5.75 Å². The van der Waals surface area contributed by atoms with Gasteiger partial charge in [0.25, 0.3) is 0 Å². The number of halogens is 1. The molecule has 2 aromatic carbocycles. The van der Waals surface area contributed by atoms with Crippen LogP contribution in [0.4, 0.5) is 0 Å². The van der Waals surface area contributed by atoms with Gasteiger partial charge in [-0.2, -0.15) is 0 Å². The van der Waals surface area contributed by atoms with Gasteiger partial charge in [-0.1, -0.05) is 25.1 Å². The highest BCUT2D eigenvalue weighted by molar-refractivity contribution is 14.0. The molecule has 1 fully saturated rings. The molecule has 2 aromatic rings. The second kappa shape index (κ2) is 10.5. The number of hydrogen-bond donors (Lipinski definition) is 2. The number of carbonyl (C=O) groups excluding carboxylic acids is 1. The molecule has 1 unspecified atom stereocenters. The number of ether oxygens (including phenoxy) is 1. The van der Waals surface area contributed by atoms with E-state index in [0.29, 0.717) is 13.0 Å². The molecule has 7 heteroatoms. The molecule has 1 heterocycles. The molecule has 0 bridgehead atoms. The van der Waals surface area contributed by atoms with Gasteiger partial charge in [-0.05, 0) is 41.0 Å². The number of hydrogen-bond acceptors (Lipinski definition) is 3. The predicted molar refractivity (Wildman–Crippen MR) is 125 cm³/mol. The maximum Gasteiger partial charge on any atom is 0.222 e. The van der Waals surface area contributed by atoms with Gasteiger partial charge in [-0.25, -0.2) is 0 Å². The van der Waals surface area contributed by atoms with Crippen molar-refractivity contribution in [3.05, 3.63) is 42.0 Å². The Balaban J connectivity index is 0.00000280. The first-order valence-corrected chi connectivity index (χ1v) is 9.44. The molecule has 0 spiro atoms. The summed E-state index contributed by atoms with van der Waals surface area (Å²) in [5.41, 5.74) is 1.19. The van der Waals surface area contributed by atoms with Crippen LogP contribution >= 0.6 is 24.0 Å². The lowest BCUT2D eigenvalue weighted by Crippen LogP contribution is -2.44. The summed E-state index contributed by atoms with van der Waals surface area (Å²) in [6.45, 7) is 4.15. The highest BCUT2D eigenvalue weighted by Crippen LogP contribution is 2.21. The van der Waals surface area contributed by atoms with Crippen molar-refractivity contribution in [1.82, 2.24) is 15.5 Å². The Labute approximate surface area is 183 Å². The number of nitrogens with one attached hydrogen (secondary N) is 2. The average molecular weight is 496 g/mol. The zero-order valence-corrected chi connectivity index (χ0v) is 19.0. The van der Waals surface area contributed by atoms with Gasteiger partial charge in [0.1, 0.15) is 5.75 Å². The Hall–Kier alpha value is -2.03. The van der Waals surface area contributed by atoms with Crippen molar-refractivity contribution in [2.45, 2.75) is 32.4 Å². The number of likely N-dealkylation sites (tertiary alicyclic amines) is 1. The summed E-state index contributed by atoms with van der Waals surface area (Å²) in [4.78, 5) is 18.1. The SMILES string of the molecule is CCC(=O)N1CCC(NC(=NC)NCc2ccc3cc(OC)ccc3c2)C1.I. The maximum atomic E-state index is 11.8. The zero-order valence-electron chi connectivity index (χ0n) is 16.7. The van der Waals surface area contributed by atoms with Gasteiger partial charge in [0.2, 0.25) is 5.91 Å². The molecule has 1 saturated heterocycles. The zero-order chi connectivity index (χ0) is 19.2. The van der Waals surface area contributed by atoms with Crippen LogP contribution in [0.2, 0.25) is 0 Å². The average Bonchev–Trinajstić information content (AvgIpc) is 3.18. The summed E-state index contributed by atoms with van der Waals surface area (Å²) >= 11 is 0. The monoisotopic (exact) mass is 496 g/mol. The van der Waals surface area contributed by atoms with E-state index in [4.69, 9.17) is 4.74 Å². The molecule has 0 radical (unpaired) electrons. The van der Waals surface area contributed by atoms with E-state index in [1.54, 1.807) is 14.2 Å². The van der Waals surface area contributed by atoms with Crippen molar-refractivity contribution in [2.24, 2.45) is 4.99 Å². The molecule has 0 aromatic heterocycles. The maximum absolute atomic E-state index is 11.8. The van der Waals surface area contributed by atoms with E-state index in [1.807, 2.05) is 24.0 Å². The third-order valence-electron chi connectivity index (χ3n) is 4.98. The van der Waals surface area contributed by atoms with E-state index in [9.17, 15) is 4.79 Å². The fraction of sp³-hybridized carbons (Fsp3) is 0.429. The number of amides is 1. The number of guanidine groups is 1. The van der Waals surface area contributed by atoms with Crippen LogP contribution in [0.3, 0.4) is 0 Å². The number of nitrogens with zero attached hydrogens (tertiary/aromatic N) is 2. The Kier molecular flexibility index (Phi) is 8.35. The van der Waals surface area contributed by atoms with Gasteiger partial charge < -0.3 is 20.3 Å². The molecule has 1 aliphatic rings. The summed E-state index contributed by atoms with van der Waals surface area (Å²) in [6.07, 6.45) is 1.51. The minimum Gasteiger partial charge on any atom is -0.497 e. The Morgan fingerprint density at radius 1 is 1.25 bits per heavy atom.